The van der Waals surface area contributed by atoms with Gasteiger partial charge < -0.3 is 25.4 Å². The van der Waals surface area contributed by atoms with Crippen molar-refractivity contribution in [3.05, 3.63) is 142 Å². The number of rotatable bonds is 12. The summed E-state index contributed by atoms with van der Waals surface area (Å²) in [6.07, 6.45) is 1.63. The van der Waals surface area contributed by atoms with Crippen molar-refractivity contribution < 1.29 is 23.9 Å². The molecule has 1 atom stereocenters. The molecule has 0 saturated carbocycles. The monoisotopic (exact) mass is 649 g/mol. The third-order valence-corrected chi connectivity index (χ3v) is 8.69. The van der Waals surface area contributed by atoms with Gasteiger partial charge in [-0.2, -0.15) is 11.3 Å². The zero-order valence-corrected chi connectivity index (χ0v) is 26.7. The highest BCUT2D eigenvalue weighted by Gasteiger charge is 2.24. The smallest absolute Gasteiger partial charge is 0.272 e. The molecule has 1 unspecified atom stereocenters. The Morgan fingerprint density at radius 1 is 0.804 bits per heavy atom. The molecule has 3 N–H and O–H groups in total. The van der Waals surface area contributed by atoms with Crippen LogP contribution in [0, 0.1) is 0 Å². The van der Waals surface area contributed by atoms with Crippen molar-refractivity contribution in [1.82, 2.24) is 5.32 Å². The number of hydrogen-bond acceptors (Lipinski definition) is 7. The zero-order valence-electron chi connectivity index (χ0n) is 25.1. The largest absolute Gasteiger partial charge is 0.497 e. The van der Waals surface area contributed by atoms with Gasteiger partial charge in [0.15, 0.2) is 0 Å². The maximum atomic E-state index is 13.7. The Morgan fingerprint density at radius 2 is 1.57 bits per heavy atom. The number of carbonyl (C=O) groups is 3. The van der Waals surface area contributed by atoms with Crippen LogP contribution >= 0.6 is 23.1 Å². The number of hydrogen-bond donors (Lipinski definition) is 3. The Hall–Kier alpha value is -5.32. The lowest BCUT2D eigenvalue weighted by Crippen LogP contribution is -2.30. The quantitative estimate of drug-likeness (QED) is 0.0948. The van der Waals surface area contributed by atoms with E-state index >= 15 is 0 Å². The molecule has 0 aliphatic rings. The molecule has 5 rings (SSSR count). The molecule has 3 amide bonds. The summed E-state index contributed by atoms with van der Waals surface area (Å²) in [5.74, 6) is -0.0532. The van der Waals surface area contributed by atoms with E-state index in [1.165, 1.54) is 30.2 Å². The summed E-state index contributed by atoms with van der Waals surface area (Å²) in [5.41, 5.74) is 3.14. The van der Waals surface area contributed by atoms with Gasteiger partial charge in [0, 0.05) is 22.2 Å². The van der Waals surface area contributed by atoms with Gasteiger partial charge in [0.2, 0.25) is 5.91 Å². The second-order valence-electron chi connectivity index (χ2n) is 9.88. The maximum absolute atomic E-state index is 13.7. The topological polar surface area (TPSA) is 106 Å². The highest BCUT2D eigenvalue weighted by Crippen LogP contribution is 2.38. The Bertz CT molecular complexity index is 1830. The molecule has 1 heterocycles. The van der Waals surface area contributed by atoms with Crippen molar-refractivity contribution in [1.29, 1.82) is 0 Å². The maximum Gasteiger partial charge on any atom is 0.272 e. The molecular weight excluding hydrogens is 619 g/mol. The fraction of sp³-hybridized carbons (Fsp3) is 0.0833. The third-order valence-electron chi connectivity index (χ3n) is 6.74. The lowest BCUT2D eigenvalue weighted by atomic mass is 10.1. The predicted molar refractivity (Wildman–Crippen MR) is 184 cm³/mol. The van der Waals surface area contributed by atoms with Crippen LogP contribution in [0.3, 0.4) is 0 Å². The van der Waals surface area contributed by atoms with E-state index in [1.807, 2.05) is 59.3 Å². The van der Waals surface area contributed by atoms with Crippen LogP contribution in [0.2, 0.25) is 0 Å². The Labute approximate surface area is 275 Å². The molecule has 0 spiro atoms. The number of nitrogens with one attached hydrogen (secondary N) is 3. The number of thiophene rings is 1. The van der Waals surface area contributed by atoms with Gasteiger partial charge in [0.05, 0.1) is 19.9 Å². The van der Waals surface area contributed by atoms with Crippen molar-refractivity contribution >= 4 is 58.3 Å². The van der Waals surface area contributed by atoms with Gasteiger partial charge >= 0.3 is 0 Å². The minimum atomic E-state index is -0.627. The molecule has 5 aromatic rings. The van der Waals surface area contributed by atoms with Gasteiger partial charge in [-0.25, -0.2) is 0 Å². The molecular formula is C36H31N3O5S2. The molecule has 0 fully saturated rings. The van der Waals surface area contributed by atoms with Crippen molar-refractivity contribution in [3.8, 4) is 11.5 Å². The fourth-order valence-corrected chi connectivity index (χ4v) is 6.15. The lowest BCUT2D eigenvalue weighted by molar-refractivity contribution is -0.116. The van der Waals surface area contributed by atoms with Crippen LogP contribution in [0.15, 0.2) is 131 Å². The van der Waals surface area contributed by atoms with Crippen molar-refractivity contribution in [2.75, 3.05) is 24.9 Å². The minimum Gasteiger partial charge on any atom is -0.497 e. The molecule has 46 heavy (non-hydrogen) atoms. The highest BCUT2D eigenvalue weighted by atomic mass is 32.2. The summed E-state index contributed by atoms with van der Waals surface area (Å²) in [5, 5.41) is 11.8. The number of benzene rings is 4. The molecule has 10 heteroatoms. The van der Waals surface area contributed by atoms with Crippen LogP contribution in [-0.4, -0.2) is 31.9 Å². The number of amides is 3. The molecule has 1 aromatic heterocycles. The van der Waals surface area contributed by atoms with E-state index < -0.39 is 17.1 Å². The number of anilines is 2. The second-order valence-corrected chi connectivity index (χ2v) is 11.8. The van der Waals surface area contributed by atoms with Crippen molar-refractivity contribution in [2.24, 2.45) is 0 Å². The van der Waals surface area contributed by atoms with Crippen LogP contribution in [0.25, 0.3) is 6.08 Å². The molecule has 0 bridgehead atoms. The first-order valence-electron chi connectivity index (χ1n) is 14.2. The number of methoxy groups -OCH3 is 2. The Kier molecular flexibility index (Phi) is 10.9. The number of thioether (sulfide) groups is 1. The van der Waals surface area contributed by atoms with Gasteiger partial charge in [0.1, 0.15) is 22.4 Å². The first-order valence-corrected chi connectivity index (χ1v) is 16.0. The summed E-state index contributed by atoms with van der Waals surface area (Å²) < 4.78 is 10.8. The molecule has 4 aromatic carbocycles. The average Bonchev–Trinajstić information content (AvgIpc) is 3.61. The van der Waals surface area contributed by atoms with Crippen LogP contribution in [0.4, 0.5) is 11.4 Å². The molecule has 0 aliphatic carbocycles. The van der Waals surface area contributed by atoms with Gasteiger partial charge in [-0.15, -0.1) is 11.8 Å². The van der Waals surface area contributed by atoms with Gasteiger partial charge in [-0.05, 0) is 76.5 Å². The average molecular weight is 650 g/mol. The molecule has 8 nitrogen and oxygen atoms in total. The molecule has 0 saturated heterocycles. The van der Waals surface area contributed by atoms with Gasteiger partial charge in [0.25, 0.3) is 11.8 Å². The van der Waals surface area contributed by atoms with Crippen molar-refractivity contribution in [3.63, 3.8) is 0 Å². The summed E-state index contributed by atoms with van der Waals surface area (Å²) in [6.45, 7) is 0. The summed E-state index contributed by atoms with van der Waals surface area (Å²) in [6, 6.07) is 32.4. The lowest BCUT2D eigenvalue weighted by Gasteiger charge is -2.19. The van der Waals surface area contributed by atoms with E-state index in [1.54, 1.807) is 73.8 Å². The number of carbonyl (C=O) groups excluding carboxylic acids is 3. The van der Waals surface area contributed by atoms with Crippen LogP contribution in [0.5, 0.6) is 11.5 Å². The van der Waals surface area contributed by atoms with Crippen LogP contribution < -0.4 is 25.4 Å². The predicted octanol–water partition coefficient (Wildman–Crippen LogP) is 7.65. The molecule has 232 valence electrons. The van der Waals surface area contributed by atoms with E-state index in [0.717, 1.165) is 16.0 Å². The molecule has 0 radical (unpaired) electrons. The summed E-state index contributed by atoms with van der Waals surface area (Å²) in [7, 11) is 3.09. The van der Waals surface area contributed by atoms with E-state index in [2.05, 4.69) is 16.0 Å². The second kappa shape index (κ2) is 15.6. The third kappa shape index (κ3) is 8.44. The SMILES string of the molecule is COc1ccc(NC(=O)C(Sc2cccc(NC(=O)/C(=C/c3ccsc3)NC(=O)c3ccccc3)c2)c2ccccc2)c(OC)c1. The highest BCUT2D eigenvalue weighted by molar-refractivity contribution is 8.00. The van der Waals surface area contributed by atoms with Gasteiger partial charge in [-0.3, -0.25) is 14.4 Å². The molecule has 0 aliphatic heterocycles. The van der Waals surface area contributed by atoms with E-state index in [-0.39, 0.29) is 11.6 Å². The zero-order chi connectivity index (χ0) is 32.3. The van der Waals surface area contributed by atoms with E-state index in [4.69, 9.17) is 9.47 Å². The van der Waals surface area contributed by atoms with E-state index in [9.17, 15) is 14.4 Å². The van der Waals surface area contributed by atoms with Gasteiger partial charge in [-0.1, -0.05) is 54.6 Å². The van der Waals surface area contributed by atoms with Crippen LogP contribution in [-0.2, 0) is 9.59 Å². The standard InChI is InChI=1S/C36H31N3O5S2/c1-43-28-16-17-30(32(22-28)44-2)38-36(42)33(25-10-5-3-6-11-25)46-29-15-9-14-27(21-29)37-35(41)31(20-24-18-19-45-23-24)39-34(40)26-12-7-4-8-13-26/h3-23,33H,1-2H3,(H,37,41)(H,38,42)(H,39,40)/b31-20-. The Morgan fingerprint density at radius 3 is 2.26 bits per heavy atom. The summed E-state index contributed by atoms with van der Waals surface area (Å²) >= 11 is 2.83. The Balaban J connectivity index is 1.36. The first kappa shape index (κ1) is 32.1. The first-order chi connectivity index (χ1) is 22.4. The van der Waals surface area contributed by atoms with Crippen LogP contribution in [0.1, 0.15) is 26.7 Å². The van der Waals surface area contributed by atoms with E-state index in [0.29, 0.717) is 28.4 Å². The number of ether oxygens (including phenoxy) is 2. The fourth-order valence-electron chi connectivity index (χ4n) is 4.45. The minimum absolute atomic E-state index is 0.0975. The summed E-state index contributed by atoms with van der Waals surface area (Å²) in [4.78, 5) is 40.9. The van der Waals surface area contributed by atoms with Crippen molar-refractivity contribution in [2.45, 2.75) is 10.1 Å². The normalized spacial score (nSPS) is 11.7.